The molecule has 0 aromatic carbocycles. The van der Waals surface area contributed by atoms with Gasteiger partial charge in [0, 0.05) is 31.0 Å². The molecule has 0 aliphatic carbocycles. The molecule has 2 aromatic heterocycles. The third-order valence-electron chi connectivity index (χ3n) is 3.87. The van der Waals surface area contributed by atoms with Crippen molar-refractivity contribution in [1.29, 1.82) is 0 Å². The normalized spacial score (nSPS) is 10.6. The second-order valence-electron chi connectivity index (χ2n) is 6.07. The second-order valence-corrected chi connectivity index (χ2v) is 7.03. The highest BCUT2D eigenvalue weighted by Gasteiger charge is 2.13. The van der Waals surface area contributed by atoms with E-state index in [1.807, 2.05) is 13.0 Å². The van der Waals surface area contributed by atoms with Gasteiger partial charge in [0.05, 0.1) is 18.4 Å². The minimum Gasteiger partial charge on any atom is -0.469 e. The van der Waals surface area contributed by atoms with Crippen molar-refractivity contribution >= 4 is 23.6 Å². The van der Waals surface area contributed by atoms with Crippen molar-refractivity contribution in [1.82, 2.24) is 15.5 Å². The van der Waals surface area contributed by atoms with Crippen LogP contribution in [-0.4, -0.2) is 35.7 Å². The molecular weight excluding hydrogens is 366 g/mol. The summed E-state index contributed by atoms with van der Waals surface area (Å²) in [6, 6.07) is 5.40. The molecule has 2 rings (SSSR count). The Hall–Kier alpha value is -2.35. The minimum absolute atomic E-state index is 0.128. The zero-order valence-corrected chi connectivity index (χ0v) is 16.5. The number of unbranched alkanes of at least 4 members (excludes halogenated alkanes) is 3. The van der Waals surface area contributed by atoms with Gasteiger partial charge in [0.1, 0.15) is 10.8 Å². The topological polar surface area (TPSA) is 94.3 Å². The highest BCUT2D eigenvalue weighted by Crippen LogP contribution is 2.24. The van der Waals surface area contributed by atoms with Gasteiger partial charge in [0.25, 0.3) is 5.91 Å². The van der Waals surface area contributed by atoms with E-state index in [-0.39, 0.29) is 11.9 Å². The molecule has 0 aliphatic rings. The number of esters is 1. The third-order valence-corrected chi connectivity index (χ3v) is 4.91. The maximum atomic E-state index is 12.4. The van der Waals surface area contributed by atoms with Crippen LogP contribution in [0.2, 0.25) is 0 Å². The fraction of sp³-hybridized carbons (Fsp3) is 0.474. The molecule has 1 N–H and O–H groups in total. The van der Waals surface area contributed by atoms with Crippen LogP contribution in [0.3, 0.4) is 0 Å². The zero-order chi connectivity index (χ0) is 19.5. The van der Waals surface area contributed by atoms with Crippen LogP contribution in [0.15, 0.2) is 33.9 Å². The molecule has 0 fully saturated rings. The van der Waals surface area contributed by atoms with Gasteiger partial charge in [-0.25, -0.2) is 4.98 Å². The van der Waals surface area contributed by atoms with Gasteiger partial charge in [-0.2, -0.15) is 0 Å². The number of thioether (sulfide) groups is 1. The van der Waals surface area contributed by atoms with E-state index in [0.717, 1.165) is 37.1 Å². The van der Waals surface area contributed by atoms with Crippen molar-refractivity contribution in [2.45, 2.75) is 49.8 Å². The lowest BCUT2D eigenvalue weighted by molar-refractivity contribution is -0.140. The molecule has 27 heavy (non-hydrogen) atoms. The number of rotatable bonds is 11. The fourth-order valence-corrected chi connectivity index (χ4v) is 3.33. The third kappa shape index (κ3) is 7.42. The average molecular weight is 391 g/mol. The molecular formula is C19H25N3O4S. The van der Waals surface area contributed by atoms with Crippen LogP contribution in [0.5, 0.6) is 0 Å². The predicted molar refractivity (Wildman–Crippen MR) is 102 cm³/mol. The summed E-state index contributed by atoms with van der Waals surface area (Å²) in [6.07, 6.45) is 5.70. The molecule has 2 heterocycles. The van der Waals surface area contributed by atoms with Gasteiger partial charge in [-0.3, -0.25) is 9.59 Å². The van der Waals surface area contributed by atoms with Gasteiger partial charge in [-0.15, -0.1) is 0 Å². The maximum Gasteiger partial charge on any atom is 0.305 e. The number of hydrogen-bond donors (Lipinski definition) is 1. The molecule has 0 atom stereocenters. The quantitative estimate of drug-likeness (QED) is 0.356. The zero-order valence-electron chi connectivity index (χ0n) is 15.7. The Morgan fingerprint density at radius 2 is 2.07 bits per heavy atom. The van der Waals surface area contributed by atoms with Crippen molar-refractivity contribution in [2.75, 3.05) is 13.7 Å². The number of nitrogens with one attached hydrogen (secondary N) is 1. The molecule has 0 spiro atoms. The highest BCUT2D eigenvalue weighted by atomic mass is 32.2. The van der Waals surface area contributed by atoms with Crippen LogP contribution in [0, 0.1) is 6.92 Å². The Kier molecular flexibility index (Phi) is 8.83. The first-order valence-corrected chi connectivity index (χ1v) is 9.93. The van der Waals surface area contributed by atoms with Crippen molar-refractivity contribution in [3.8, 4) is 0 Å². The Balaban J connectivity index is 1.73. The summed E-state index contributed by atoms with van der Waals surface area (Å²) in [5.74, 6) is 1.05. The van der Waals surface area contributed by atoms with Gasteiger partial charge in [-0.05, 0) is 31.9 Å². The van der Waals surface area contributed by atoms with Gasteiger partial charge in [-0.1, -0.05) is 29.8 Å². The van der Waals surface area contributed by atoms with E-state index in [0.29, 0.717) is 29.3 Å². The monoisotopic (exact) mass is 391 g/mol. The van der Waals surface area contributed by atoms with Crippen molar-refractivity contribution < 1.29 is 18.8 Å². The molecule has 2 aromatic rings. The summed E-state index contributed by atoms with van der Waals surface area (Å²) >= 11 is 1.46. The standard InChI is InChI=1S/C19H25N3O4S/c1-14-12-15(22-26-14)13-27-19-16(8-7-11-21-19)18(24)20-10-6-4-3-5-9-17(23)25-2/h7-8,11-12H,3-6,9-10,13H2,1-2H3,(H,20,24). The lowest BCUT2D eigenvalue weighted by Gasteiger charge is -2.08. The van der Waals surface area contributed by atoms with E-state index >= 15 is 0 Å². The van der Waals surface area contributed by atoms with E-state index in [9.17, 15) is 9.59 Å². The molecule has 8 heteroatoms. The number of nitrogens with zero attached hydrogens (tertiary/aromatic N) is 2. The number of aryl methyl sites for hydroxylation is 1. The first kappa shape index (κ1) is 21.0. The number of methoxy groups -OCH3 is 1. The molecule has 0 saturated heterocycles. The fourth-order valence-electron chi connectivity index (χ4n) is 2.45. The van der Waals surface area contributed by atoms with E-state index in [2.05, 4.69) is 20.2 Å². The number of aromatic nitrogens is 2. The summed E-state index contributed by atoms with van der Waals surface area (Å²) in [5, 5.41) is 7.56. The Morgan fingerprint density at radius 1 is 1.26 bits per heavy atom. The van der Waals surface area contributed by atoms with Gasteiger partial charge >= 0.3 is 5.97 Å². The summed E-state index contributed by atoms with van der Waals surface area (Å²) in [5.41, 5.74) is 1.38. The largest absolute Gasteiger partial charge is 0.469 e. The molecule has 7 nitrogen and oxygen atoms in total. The van der Waals surface area contributed by atoms with Crippen molar-refractivity contribution in [3.63, 3.8) is 0 Å². The smallest absolute Gasteiger partial charge is 0.305 e. The van der Waals surface area contributed by atoms with E-state index in [4.69, 9.17) is 4.52 Å². The van der Waals surface area contributed by atoms with Crippen LogP contribution in [0.4, 0.5) is 0 Å². The molecule has 0 bridgehead atoms. The number of amides is 1. The number of ether oxygens (including phenoxy) is 1. The Bertz CT molecular complexity index is 748. The predicted octanol–water partition coefficient (Wildman–Crippen LogP) is 3.52. The molecule has 0 aliphatic heterocycles. The van der Waals surface area contributed by atoms with Crippen molar-refractivity contribution in [3.05, 3.63) is 41.4 Å². The van der Waals surface area contributed by atoms with Gasteiger partial charge < -0.3 is 14.6 Å². The first-order chi connectivity index (χ1) is 13.1. The Morgan fingerprint density at radius 3 is 2.81 bits per heavy atom. The molecule has 0 radical (unpaired) electrons. The lowest BCUT2D eigenvalue weighted by atomic mass is 10.1. The first-order valence-electron chi connectivity index (χ1n) is 8.95. The van der Waals surface area contributed by atoms with E-state index in [1.165, 1.54) is 18.9 Å². The lowest BCUT2D eigenvalue weighted by Crippen LogP contribution is -2.25. The summed E-state index contributed by atoms with van der Waals surface area (Å²) in [7, 11) is 1.40. The Labute approximate surface area is 163 Å². The molecule has 0 unspecified atom stereocenters. The summed E-state index contributed by atoms with van der Waals surface area (Å²) < 4.78 is 9.66. The number of pyridine rings is 1. The van der Waals surface area contributed by atoms with Gasteiger partial charge in [0.2, 0.25) is 0 Å². The number of carbonyl (C=O) groups is 2. The summed E-state index contributed by atoms with van der Waals surface area (Å²) in [4.78, 5) is 27.8. The highest BCUT2D eigenvalue weighted by molar-refractivity contribution is 7.98. The summed E-state index contributed by atoms with van der Waals surface area (Å²) in [6.45, 7) is 2.44. The average Bonchev–Trinajstić information content (AvgIpc) is 3.10. The van der Waals surface area contributed by atoms with Gasteiger partial charge in [0.15, 0.2) is 0 Å². The van der Waals surface area contributed by atoms with Crippen molar-refractivity contribution in [2.24, 2.45) is 0 Å². The second kappa shape index (κ2) is 11.4. The van der Waals surface area contributed by atoms with Crippen LogP contribution < -0.4 is 5.32 Å². The van der Waals surface area contributed by atoms with Crippen LogP contribution in [0.1, 0.15) is 53.9 Å². The SMILES string of the molecule is COC(=O)CCCCCCNC(=O)c1cccnc1SCc1cc(C)on1. The van der Waals surface area contributed by atoms with Crippen LogP contribution in [-0.2, 0) is 15.3 Å². The molecule has 0 saturated carbocycles. The molecule has 146 valence electrons. The maximum absolute atomic E-state index is 12.4. The minimum atomic E-state index is -0.175. The number of hydrogen-bond acceptors (Lipinski definition) is 7. The van der Waals surface area contributed by atoms with Crippen LogP contribution >= 0.6 is 11.8 Å². The number of carbonyl (C=O) groups excluding carboxylic acids is 2. The van der Waals surface area contributed by atoms with E-state index in [1.54, 1.807) is 18.3 Å². The molecule has 1 amide bonds. The van der Waals surface area contributed by atoms with Crippen LogP contribution in [0.25, 0.3) is 0 Å². The van der Waals surface area contributed by atoms with E-state index < -0.39 is 0 Å².